The molecule has 0 unspecified atom stereocenters. The maximum atomic E-state index is 12.1. The quantitative estimate of drug-likeness (QED) is 0.696. The molecule has 1 heterocycles. The van der Waals surface area contributed by atoms with Crippen molar-refractivity contribution in [2.24, 2.45) is 5.92 Å². The summed E-state index contributed by atoms with van der Waals surface area (Å²) in [5, 5.41) is 2.85. The second-order valence-electron chi connectivity index (χ2n) is 5.98. The predicted molar refractivity (Wildman–Crippen MR) is 95.3 cm³/mol. The van der Waals surface area contributed by atoms with Crippen LogP contribution in [-0.2, 0) is 14.8 Å². The lowest BCUT2D eigenvalue weighted by molar-refractivity contribution is -0.126. The second-order valence-corrected chi connectivity index (χ2v) is 7.96. The average Bonchev–Trinajstić information content (AvgIpc) is 2.59. The van der Waals surface area contributed by atoms with E-state index in [2.05, 4.69) is 5.32 Å². The Morgan fingerprint density at radius 3 is 2.24 bits per heavy atom. The number of nitrogens with one attached hydrogen (secondary N) is 1. The van der Waals surface area contributed by atoms with Gasteiger partial charge in [0, 0.05) is 19.0 Å². The Balaban J connectivity index is 1.66. The van der Waals surface area contributed by atoms with Crippen molar-refractivity contribution in [3.8, 4) is 11.5 Å². The van der Waals surface area contributed by atoms with Crippen LogP contribution in [-0.4, -0.2) is 57.7 Å². The van der Waals surface area contributed by atoms with Crippen LogP contribution in [0, 0.1) is 5.92 Å². The summed E-state index contributed by atoms with van der Waals surface area (Å²) in [4.78, 5) is 12.1. The Morgan fingerprint density at radius 1 is 1.16 bits per heavy atom. The molecule has 0 radical (unpaired) electrons. The highest BCUT2D eigenvalue weighted by Crippen LogP contribution is 2.19. The van der Waals surface area contributed by atoms with Crippen molar-refractivity contribution < 1.29 is 22.7 Å². The van der Waals surface area contributed by atoms with E-state index < -0.39 is 10.0 Å². The maximum absolute atomic E-state index is 12.1. The third-order valence-corrected chi connectivity index (χ3v) is 5.40. The first-order valence-corrected chi connectivity index (χ1v) is 10.3. The van der Waals surface area contributed by atoms with Gasteiger partial charge in [0.05, 0.1) is 19.4 Å². The van der Waals surface area contributed by atoms with Crippen LogP contribution in [0.15, 0.2) is 24.3 Å². The van der Waals surface area contributed by atoms with Crippen LogP contribution in [0.2, 0.25) is 0 Å². The molecule has 0 saturated carbocycles. The molecule has 1 N–H and O–H groups in total. The molecule has 1 fully saturated rings. The van der Waals surface area contributed by atoms with E-state index in [4.69, 9.17) is 9.47 Å². The lowest BCUT2D eigenvalue weighted by Gasteiger charge is -2.29. The minimum absolute atomic E-state index is 0.0385. The van der Waals surface area contributed by atoms with Gasteiger partial charge in [-0.15, -0.1) is 0 Å². The van der Waals surface area contributed by atoms with Crippen LogP contribution >= 0.6 is 0 Å². The fourth-order valence-corrected chi connectivity index (χ4v) is 3.61. The zero-order chi connectivity index (χ0) is 18.3. The minimum Gasteiger partial charge on any atom is -0.494 e. The van der Waals surface area contributed by atoms with Gasteiger partial charge in [-0.05, 0) is 44.0 Å². The van der Waals surface area contributed by atoms with Crippen LogP contribution in [0.25, 0.3) is 0 Å². The van der Waals surface area contributed by atoms with Crippen LogP contribution < -0.4 is 14.8 Å². The number of ether oxygens (including phenoxy) is 2. The maximum Gasteiger partial charge on any atom is 0.223 e. The van der Waals surface area contributed by atoms with Crippen molar-refractivity contribution in [2.45, 2.75) is 19.8 Å². The standard InChI is InChI=1S/C17H26N2O5S/c1-3-23-15-4-6-16(7-5-15)24-13-10-18-17(20)14-8-11-19(12-9-14)25(2,21)22/h4-7,14H,3,8-13H2,1-2H3,(H,18,20). The number of amides is 1. The Bertz CT molecular complexity index is 652. The van der Waals surface area contributed by atoms with Gasteiger partial charge in [-0.2, -0.15) is 0 Å². The predicted octanol–water partition coefficient (Wildman–Crippen LogP) is 1.25. The molecule has 1 amide bonds. The molecular weight excluding hydrogens is 344 g/mol. The number of benzene rings is 1. The van der Waals surface area contributed by atoms with Crippen molar-refractivity contribution in [1.82, 2.24) is 9.62 Å². The summed E-state index contributed by atoms with van der Waals surface area (Å²) in [5.41, 5.74) is 0. The van der Waals surface area contributed by atoms with Crippen LogP contribution in [0.1, 0.15) is 19.8 Å². The van der Waals surface area contributed by atoms with E-state index in [1.807, 2.05) is 31.2 Å². The number of hydrogen-bond donors (Lipinski definition) is 1. The summed E-state index contributed by atoms with van der Waals surface area (Å²) in [6.45, 7) is 4.15. The Kier molecular flexibility index (Phi) is 7.07. The number of rotatable bonds is 8. The van der Waals surface area contributed by atoms with Crippen molar-refractivity contribution in [3.63, 3.8) is 0 Å². The van der Waals surface area contributed by atoms with Crippen LogP contribution in [0.5, 0.6) is 11.5 Å². The molecule has 25 heavy (non-hydrogen) atoms. The molecule has 0 aliphatic carbocycles. The summed E-state index contributed by atoms with van der Waals surface area (Å²) >= 11 is 0. The minimum atomic E-state index is -3.16. The van der Waals surface area contributed by atoms with Gasteiger partial charge in [0.25, 0.3) is 0 Å². The monoisotopic (exact) mass is 370 g/mol. The van der Waals surface area contributed by atoms with E-state index in [0.717, 1.165) is 11.5 Å². The lowest BCUT2D eigenvalue weighted by atomic mass is 9.97. The molecule has 7 nitrogen and oxygen atoms in total. The largest absolute Gasteiger partial charge is 0.494 e. The van der Waals surface area contributed by atoms with Gasteiger partial charge in [-0.25, -0.2) is 12.7 Å². The molecule has 1 saturated heterocycles. The summed E-state index contributed by atoms with van der Waals surface area (Å²) in [5.74, 6) is 1.34. The summed E-state index contributed by atoms with van der Waals surface area (Å²) < 4.78 is 35.3. The zero-order valence-electron chi connectivity index (χ0n) is 14.7. The third-order valence-electron chi connectivity index (χ3n) is 4.10. The topological polar surface area (TPSA) is 84.9 Å². The third kappa shape index (κ3) is 6.21. The molecule has 2 rings (SSSR count). The van der Waals surface area contributed by atoms with Crippen molar-refractivity contribution in [2.75, 3.05) is 39.1 Å². The molecule has 140 valence electrons. The molecule has 1 aliphatic heterocycles. The van der Waals surface area contributed by atoms with E-state index in [1.165, 1.54) is 10.6 Å². The number of sulfonamides is 1. The van der Waals surface area contributed by atoms with E-state index >= 15 is 0 Å². The van der Waals surface area contributed by atoms with Gasteiger partial charge >= 0.3 is 0 Å². The summed E-state index contributed by atoms with van der Waals surface area (Å²) in [6, 6.07) is 7.33. The van der Waals surface area contributed by atoms with E-state index in [-0.39, 0.29) is 11.8 Å². The molecular formula is C17H26N2O5S. The molecule has 1 aliphatic rings. The highest BCUT2D eigenvalue weighted by Gasteiger charge is 2.28. The van der Waals surface area contributed by atoms with E-state index in [9.17, 15) is 13.2 Å². The molecule has 0 aromatic heterocycles. The molecule has 0 bridgehead atoms. The average molecular weight is 370 g/mol. The first kappa shape index (κ1) is 19.5. The highest BCUT2D eigenvalue weighted by atomic mass is 32.2. The van der Waals surface area contributed by atoms with Crippen molar-refractivity contribution in [1.29, 1.82) is 0 Å². The van der Waals surface area contributed by atoms with Gasteiger partial charge in [-0.1, -0.05) is 0 Å². The first-order chi connectivity index (χ1) is 11.9. The number of piperidine rings is 1. The fraction of sp³-hybridized carbons (Fsp3) is 0.588. The smallest absolute Gasteiger partial charge is 0.223 e. The molecule has 1 aromatic carbocycles. The fourth-order valence-electron chi connectivity index (χ4n) is 2.74. The van der Waals surface area contributed by atoms with Gasteiger partial charge < -0.3 is 14.8 Å². The van der Waals surface area contributed by atoms with E-state index in [0.29, 0.717) is 45.7 Å². The lowest BCUT2D eigenvalue weighted by Crippen LogP contribution is -2.43. The van der Waals surface area contributed by atoms with Gasteiger partial charge in [0.15, 0.2) is 0 Å². The van der Waals surface area contributed by atoms with Gasteiger partial charge in [-0.3, -0.25) is 4.79 Å². The van der Waals surface area contributed by atoms with Crippen LogP contribution in [0.3, 0.4) is 0 Å². The van der Waals surface area contributed by atoms with Gasteiger partial charge in [0.2, 0.25) is 15.9 Å². The molecule has 8 heteroatoms. The number of nitrogens with zero attached hydrogens (tertiary/aromatic N) is 1. The Hall–Kier alpha value is -1.80. The normalized spacial score (nSPS) is 16.4. The Morgan fingerprint density at radius 2 is 1.72 bits per heavy atom. The van der Waals surface area contributed by atoms with Crippen LogP contribution in [0.4, 0.5) is 0 Å². The Labute approximate surface area is 149 Å². The van der Waals surface area contributed by atoms with E-state index in [1.54, 1.807) is 0 Å². The summed E-state index contributed by atoms with van der Waals surface area (Å²) in [6.07, 6.45) is 2.31. The number of carbonyl (C=O) groups excluding carboxylic acids is 1. The zero-order valence-corrected chi connectivity index (χ0v) is 15.5. The van der Waals surface area contributed by atoms with Crippen molar-refractivity contribution in [3.05, 3.63) is 24.3 Å². The number of hydrogen-bond acceptors (Lipinski definition) is 5. The molecule has 0 atom stereocenters. The highest BCUT2D eigenvalue weighted by molar-refractivity contribution is 7.88. The van der Waals surface area contributed by atoms with Gasteiger partial charge in [0.1, 0.15) is 18.1 Å². The molecule has 1 aromatic rings. The second kappa shape index (κ2) is 9.05. The van der Waals surface area contributed by atoms with Crippen molar-refractivity contribution >= 4 is 15.9 Å². The SMILES string of the molecule is CCOc1ccc(OCCNC(=O)C2CCN(S(C)(=O)=O)CC2)cc1. The summed E-state index contributed by atoms with van der Waals surface area (Å²) in [7, 11) is -3.16. The molecule has 0 spiro atoms. The first-order valence-electron chi connectivity index (χ1n) is 8.48. The number of carbonyl (C=O) groups is 1.